The van der Waals surface area contributed by atoms with Crippen molar-refractivity contribution in [1.82, 2.24) is 0 Å². The van der Waals surface area contributed by atoms with Crippen molar-refractivity contribution in [3.8, 4) is 0 Å². The molecule has 1 aromatic carbocycles. The first-order chi connectivity index (χ1) is 7.95. The zero-order chi connectivity index (χ0) is 10.8. The maximum Gasteiger partial charge on any atom is 0.242 e. The van der Waals surface area contributed by atoms with E-state index in [1.807, 2.05) is 0 Å². The van der Waals surface area contributed by atoms with E-state index >= 15 is 0 Å². The van der Waals surface area contributed by atoms with Gasteiger partial charge in [-0.25, -0.2) is 0 Å². The highest BCUT2D eigenvalue weighted by atomic mass is 16.5. The molecular weight excluding hydrogens is 200 g/mol. The fourth-order valence-corrected chi connectivity index (χ4v) is 2.16. The van der Waals surface area contributed by atoms with E-state index in [9.17, 15) is 0 Å². The van der Waals surface area contributed by atoms with Gasteiger partial charge in [0.1, 0.15) is 0 Å². The minimum absolute atomic E-state index is 0.816. The Hall–Kier alpha value is -1.61. The van der Waals surface area contributed by atoms with Crippen LogP contribution in [0.25, 0.3) is 10.9 Å². The molecule has 0 aliphatic carbocycles. The van der Waals surface area contributed by atoms with Crippen molar-refractivity contribution in [2.75, 3.05) is 31.3 Å². The predicted octanol–water partition coefficient (Wildman–Crippen LogP) is 1.10. The Balaban J connectivity index is 2.08. The first-order valence-corrected chi connectivity index (χ1v) is 5.67. The molecule has 0 spiro atoms. The number of aromatic nitrogens is 1. The smallest absolute Gasteiger partial charge is 0.242 e. The van der Waals surface area contributed by atoms with Crippen LogP contribution in [0.1, 0.15) is 0 Å². The van der Waals surface area contributed by atoms with Crippen LogP contribution in [0, 0.1) is 0 Å². The van der Waals surface area contributed by atoms with Gasteiger partial charge in [-0.3, -0.25) is 0 Å². The van der Waals surface area contributed by atoms with Gasteiger partial charge < -0.3 is 4.74 Å². The minimum Gasteiger partial charge on any atom is -0.377 e. The summed E-state index contributed by atoms with van der Waals surface area (Å²) in [5.41, 5.74) is 1.26. The normalized spacial score (nSPS) is 16.6. The SMILES string of the molecule is c1ccc2c(c1)ccc[n+]2N1CCOCC1. The van der Waals surface area contributed by atoms with Gasteiger partial charge in [-0.2, -0.15) is 5.01 Å². The first kappa shape index (κ1) is 9.60. The number of rotatable bonds is 1. The number of hydrogen-bond acceptors (Lipinski definition) is 2. The third kappa shape index (κ3) is 1.63. The summed E-state index contributed by atoms with van der Waals surface area (Å²) < 4.78 is 7.61. The van der Waals surface area contributed by atoms with Crippen molar-refractivity contribution in [1.29, 1.82) is 0 Å². The van der Waals surface area contributed by atoms with Gasteiger partial charge in [-0.1, -0.05) is 16.8 Å². The second kappa shape index (κ2) is 4.10. The summed E-state index contributed by atoms with van der Waals surface area (Å²) in [6.07, 6.45) is 2.12. The fourth-order valence-electron chi connectivity index (χ4n) is 2.16. The molecule has 0 N–H and O–H groups in total. The number of benzene rings is 1. The molecule has 3 rings (SSSR count). The molecule has 2 aromatic rings. The van der Waals surface area contributed by atoms with Gasteiger partial charge in [-0.05, 0) is 12.1 Å². The standard InChI is InChI=1S/C13H15N2O/c1-2-6-13-12(4-1)5-3-7-15(13)14-8-10-16-11-9-14/h1-7H,8-11H2/q+1. The second-order valence-electron chi connectivity index (χ2n) is 3.98. The van der Waals surface area contributed by atoms with Crippen LogP contribution in [0.15, 0.2) is 42.6 Å². The summed E-state index contributed by atoms with van der Waals surface area (Å²) in [5, 5.41) is 3.60. The molecule has 0 saturated carbocycles. The van der Waals surface area contributed by atoms with Crippen molar-refractivity contribution in [2.45, 2.75) is 0 Å². The van der Waals surface area contributed by atoms with E-state index in [1.54, 1.807) is 0 Å². The van der Waals surface area contributed by atoms with Crippen LogP contribution >= 0.6 is 0 Å². The van der Waals surface area contributed by atoms with Crippen LogP contribution in [0.2, 0.25) is 0 Å². The number of pyridine rings is 1. The largest absolute Gasteiger partial charge is 0.377 e. The maximum absolute atomic E-state index is 5.38. The minimum atomic E-state index is 0.816. The molecule has 0 bridgehead atoms. The average molecular weight is 215 g/mol. The van der Waals surface area contributed by atoms with Crippen molar-refractivity contribution in [3.05, 3.63) is 42.6 Å². The number of morpholine rings is 1. The number of para-hydroxylation sites is 1. The molecule has 0 atom stereocenters. The molecule has 3 heteroatoms. The topological polar surface area (TPSA) is 16.4 Å². The lowest BCUT2D eigenvalue weighted by Gasteiger charge is -2.23. The monoisotopic (exact) mass is 215 g/mol. The van der Waals surface area contributed by atoms with Crippen LogP contribution in [0.3, 0.4) is 0 Å². The molecule has 82 valence electrons. The summed E-state index contributed by atoms with van der Waals surface area (Å²) in [6, 6.07) is 12.7. The molecule has 1 aromatic heterocycles. The fraction of sp³-hybridized carbons (Fsp3) is 0.308. The molecule has 0 unspecified atom stereocenters. The van der Waals surface area contributed by atoms with Gasteiger partial charge in [0.05, 0.1) is 26.3 Å². The first-order valence-electron chi connectivity index (χ1n) is 5.67. The molecule has 1 saturated heterocycles. The van der Waals surface area contributed by atoms with Crippen LogP contribution in [-0.2, 0) is 4.74 Å². The summed E-state index contributed by atoms with van der Waals surface area (Å²) >= 11 is 0. The van der Waals surface area contributed by atoms with Gasteiger partial charge in [0.2, 0.25) is 5.52 Å². The third-order valence-electron chi connectivity index (χ3n) is 2.98. The molecule has 3 nitrogen and oxygen atoms in total. The Morgan fingerprint density at radius 1 is 1.00 bits per heavy atom. The highest BCUT2D eigenvalue weighted by Crippen LogP contribution is 2.08. The van der Waals surface area contributed by atoms with Crippen molar-refractivity contribution >= 4 is 10.9 Å². The Labute approximate surface area is 94.8 Å². The van der Waals surface area contributed by atoms with Gasteiger partial charge in [-0.15, -0.1) is 0 Å². The number of hydrogen-bond donors (Lipinski definition) is 0. The zero-order valence-corrected chi connectivity index (χ0v) is 9.17. The van der Waals surface area contributed by atoms with Crippen LogP contribution in [0.4, 0.5) is 0 Å². The molecule has 0 amide bonds. The quantitative estimate of drug-likeness (QED) is 0.662. The predicted molar refractivity (Wildman–Crippen MR) is 62.9 cm³/mol. The van der Waals surface area contributed by atoms with Crippen molar-refractivity contribution < 1.29 is 9.41 Å². The van der Waals surface area contributed by atoms with E-state index in [4.69, 9.17) is 4.74 Å². The summed E-state index contributed by atoms with van der Waals surface area (Å²) in [6.45, 7) is 3.55. The zero-order valence-electron chi connectivity index (χ0n) is 9.17. The molecule has 1 fully saturated rings. The van der Waals surface area contributed by atoms with Gasteiger partial charge >= 0.3 is 0 Å². The Morgan fingerprint density at radius 3 is 2.62 bits per heavy atom. The molecule has 16 heavy (non-hydrogen) atoms. The van der Waals surface area contributed by atoms with E-state index < -0.39 is 0 Å². The molecule has 0 radical (unpaired) electrons. The number of fused-ring (bicyclic) bond motifs is 1. The highest BCUT2D eigenvalue weighted by molar-refractivity contribution is 5.75. The molecular formula is C13H15N2O+. The Morgan fingerprint density at radius 2 is 1.75 bits per heavy atom. The van der Waals surface area contributed by atoms with Crippen molar-refractivity contribution in [2.24, 2.45) is 0 Å². The molecule has 1 aliphatic rings. The van der Waals surface area contributed by atoms with E-state index in [0.29, 0.717) is 0 Å². The lowest BCUT2D eigenvalue weighted by molar-refractivity contribution is -0.670. The summed E-state index contributed by atoms with van der Waals surface area (Å²) in [5.74, 6) is 0. The van der Waals surface area contributed by atoms with Crippen molar-refractivity contribution in [3.63, 3.8) is 0 Å². The average Bonchev–Trinajstić information content (AvgIpc) is 2.39. The Bertz CT molecular complexity index is 487. The van der Waals surface area contributed by atoms with Gasteiger partial charge in [0.15, 0.2) is 6.20 Å². The number of ether oxygens (including phenoxy) is 1. The van der Waals surface area contributed by atoms with E-state index in [0.717, 1.165) is 26.3 Å². The second-order valence-corrected chi connectivity index (χ2v) is 3.98. The maximum atomic E-state index is 5.38. The molecule has 2 heterocycles. The third-order valence-corrected chi connectivity index (χ3v) is 2.98. The van der Waals surface area contributed by atoms with Crippen LogP contribution < -0.4 is 9.69 Å². The molecule has 1 aliphatic heterocycles. The van der Waals surface area contributed by atoms with E-state index in [1.165, 1.54) is 10.9 Å². The summed E-state index contributed by atoms with van der Waals surface area (Å²) in [4.78, 5) is 0. The van der Waals surface area contributed by atoms with Gasteiger partial charge in [0, 0.05) is 17.5 Å². The summed E-state index contributed by atoms with van der Waals surface area (Å²) in [7, 11) is 0. The Kier molecular flexibility index (Phi) is 2.46. The lowest BCUT2D eigenvalue weighted by atomic mass is 10.2. The highest BCUT2D eigenvalue weighted by Gasteiger charge is 2.19. The van der Waals surface area contributed by atoms with Crippen LogP contribution in [0.5, 0.6) is 0 Å². The lowest BCUT2D eigenvalue weighted by Crippen LogP contribution is -2.62. The van der Waals surface area contributed by atoms with Gasteiger partial charge in [0.25, 0.3) is 0 Å². The van der Waals surface area contributed by atoms with E-state index in [2.05, 4.69) is 52.3 Å². The van der Waals surface area contributed by atoms with Crippen LogP contribution in [-0.4, -0.2) is 26.3 Å². The van der Waals surface area contributed by atoms with E-state index in [-0.39, 0.29) is 0 Å². The number of nitrogens with zero attached hydrogens (tertiary/aromatic N) is 2.